The average Bonchev–Trinajstić information content (AvgIpc) is 2.55. The third kappa shape index (κ3) is 1.31. The van der Waals surface area contributed by atoms with E-state index in [4.69, 9.17) is 0 Å². The lowest BCUT2D eigenvalue weighted by Crippen LogP contribution is -2.29. The second kappa shape index (κ2) is 2.48. The Morgan fingerprint density at radius 1 is 1.45 bits per heavy atom. The van der Waals surface area contributed by atoms with E-state index in [0.717, 1.165) is 17.4 Å². The lowest BCUT2D eigenvalue weighted by atomic mass is 9.81. The lowest BCUT2D eigenvalue weighted by molar-refractivity contribution is 0.263. The highest BCUT2D eigenvalue weighted by Gasteiger charge is 2.56. The van der Waals surface area contributed by atoms with E-state index in [1.807, 2.05) is 0 Å². The molecular weight excluding hydrogens is 134 g/mol. The highest BCUT2D eigenvalue weighted by molar-refractivity contribution is 5.12. The van der Waals surface area contributed by atoms with Gasteiger partial charge in [0, 0.05) is 6.04 Å². The summed E-state index contributed by atoms with van der Waals surface area (Å²) in [6, 6.07) is 0.902. The van der Waals surface area contributed by atoms with Crippen molar-refractivity contribution in [3.63, 3.8) is 0 Å². The van der Waals surface area contributed by atoms with Gasteiger partial charge in [0.05, 0.1) is 0 Å². The Kier molecular flexibility index (Phi) is 1.71. The van der Waals surface area contributed by atoms with Gasteiger partial charge in [-0.05, 0) is 37.1 Å². The van der Waals surface area contributed by atoms with Gasteiger partial charge in [0.1, 0.15) is 0 Å². The van der Waals surface area contributed by atoms with Crippen LogP contribution in [0.2, 0.25) is 0 Å². The molecule has 2 saturated carbocycles. The first-order chi connectivity index (χ1) is 5.23. The predicted octanol–water partition coefficient (Wildman–Crippen LogP) is 2.17. The highest BCUT2D eigenvalue weighted by atomic mass is 15.0. The molecule has 0 aromatic carbocycles. The topological polar surface area (TPSA) is 12.0 Å². The van der Waals surface area contributed by atoms with Crippen molar-refractivity contribution in [3.05, 3.63) is 0 Å². The summed E-state index contributed by atoms with van der Waals surface area (Å²) >= 11 is 0. The number of hydrogen-bond acceptors (Lipinski definition) is 1. The summed E-state index contributed by atoms with van der Waals surface area (Å²) < 4.78 is 0. The molecule has 0 heterocycles. The fraction of sp³-hybridized carbons (Fsp3) is 1.00. The molecule has 1 spiro atoms. The van der Waals surface area contributed by atoms with Crippen molar-refractivity contribution in [2.45, 2.75) is 45.6 Å². The standard InChI is InChI=1S/C10H19N/c1-8(2)7-11-9-6-10(9)4-3-5-10/h8-9,11H,3-7H2,1-2H3. The maximum absolute atomic E-state index is 3.65. The maximum Gasteiger partial charge on any atom is 0.0130 e. The fourth-order valence-corrected chi connectivity index (χ4v) is 2.20. The van der Waals surface area contributed by atoms with E-state index in [1.54, 1.807) is 0 Å². The summed E-state index contributed by atoms with van der Waals surface area (Å²) in [5.41, 5.74) is 0.814. The normalized spacial score (nSPS) is 32.5. The van der Waals surface area contributed by atoms with Gasteiger partial charge in [0.25, 0.3) is 0 Å². The minimum atomic E-state index is 0.813. The van der Waals surface area contributed by atoms with Crippen molar-refractivity contribution in [3.8, 4) is 0 Å². The van der Waals surface area contributed by atoms with Crippen LogP contribution in [0.4, 0.5) is 0 Å². The maximum atomic E-state index is 3.65. The van der Waals surface area contributed by atoms with E-state index in [-0.39, 0.29) is 0 Å². The van der Waals surface area contributed by atoms with Crippen LogP contribution in [0.25, 0.3) is 0 Å². The molecular formula is C10H19N. The Bertz CT molecular complexity index is 147. The molecule has 64 valence electrons. The molecule has 2 aliphatic carbocycles. The number of nitrogens with one attached hydrogen (secondary N) is 1. The molecule has 0 aromatic heterocycles. The van der Waals surface area contributed by atoms with Crippen molar-refractivity contribution < 1.29 is 0 Å². The van der Waals surface area contributed by atoms with E-state index in [2.05, 4.69) is 19.2 Å². The smallest absolute Gasteiger partial charge is 0.0130 e. The molecule has 11 heavy (non-hydrogen) atoms. The van der Waals surface area contributed by atoms with Crippen LogP contribution in [0.5, 0.6) is 0 Å². The number of hydrogen-bond donors (Lipinski definition) is 1. The average molecular weight is 153 g/mol. The highest BCUT2D eigenvalue weighted by Crippen LogP contribution is 2.60. The van der Waals surface area contributed by atoms with Crippen molar-refractivity contribution >= 4 is 0 Å². The minimum Gasteiger partial charge on any atom is -0.313 e. The second-order valence-corrected chi connectivity index (χ2v) is 4.77. The lowest BCUT2D eigenvalue weighted by Gasteiger charge is -2.27. The van der Waals surface area contributed by atoms with E-state index in [0.29, 0.717) is 0 Å². The first-order valence-electron chi connectivity index (χ1n) is 4.96. The predicted molar refractivity (Wildman–Crippen MR) is 47.5 cm³/mol. The fourth-order valence-electron chi connectivity index (χ4n) is 2.20. The second-order valence-electron chi connectivity index (χ2n) is 4.77. The molecule has 0 radical (unpaired) electrons. The molecule has 0 aliphatic heterocycles. The molecule has 0 amide bonds. The monoisotopic (exact) mass is 153 g/mol. The van der Waals surface area contributed by atoms with Gasteiger partial charge in [0.2, 0.25) is 0 Å². The molecule has 0 bridgehead atoms. The molecule has 1 atom stereocenters. The zero-order chi connectivity index (χ0) is 7.90. The molecule has 2 aliphatic rings. The Morgan fingerprint density at radius 3 is 2.55 bits per heavy atom. The summed E-state index contributed by atoms with van der Waals surface area (Å²) in [5.74, 6) is 0.813. The van der Waals surface area contributed by atoms with Crippen molar-refractivity contribution in [1.29, 1.82) is 0 Å². The van der Waals surface area contributed by atoms with Gasteiger partial charge in [-0.2, -0.15) is 0 Å². The molecule has 1 unspecified atom stereocenters. The quantitative estimate of drug-likeness (QED) is 0.655. The first-order valence-corrected chi connectivity index (χ1v) is 4.96. The summed E-state index contributed by atoms with van der Waals surface area (Å²) in [4.78, 5) is 0. The summed E-state index contributed by atoms with van der Waals surface area (Å²) in [5, 5.41) is 3.65. The van der Waals surface area contributed by atoms with Crippen LogP contribution in [0.3, 0.4) is 0 Å². The van der Waals surface area contributed by atoms with Crippen LogP contribution in [-0.4, -0.2) is 12.6 Å². The Balaban J connectivity index is 1.67. The van der Waals surface area contributed by atoms with E-state index in [1.165, 1.54) is 32.2 Å². The van der Waals surface area contributed by atoms with E-state index < -0.39 is 0 Å². The minimum absolute atomic E-state index is 0.813. The molecule has 1 heteroatoms. The summed E-state index contributed by atoms with van der Waals surface area (Å²) in [6.45, 7) is 5.78. The van der Waals surface area contributed by atoms with Gasteiger partial charge >= 0.3 is 0 Å². The first kappa shape index (κ1) is 7.60. The van der Waals surface area contributed by atoms with Gasteiger partial charge in [-0.25, -0.2) is 0 Å². The van der Waals surface area contributed by atoms with Crippen LogP contribution >= 0.6 is 0 Å². The summed E-state index contributed by atoms with van der Waals surface area (Å²) in [6.07, 6.45) is 5.96. The Hall–Kier alpha value is -0.0400. The van der Waals surface area contributed by atoms with Crippen molar-refractivity contribution in [1.82, 2.24) is 5.32 Å². The Labute approximate surface area is 69.6 Å². The number of rotatable bonds is 3. The van der Waals surface area contributed by atoms with Crippen LogP contribution in [0.1, 0.15) is 39.5 Å². The largest absolute Gasteiger partial charge is 0.313 e. The van der Waals surface area contributed by atoms with E-state index in [9.17, 15) is 0 Å². The van der Waals surface area contributed by atoms with Gasteiger partial charge in [0.15, 0.2) is 0 Å². The molecule has 0 aromatic rings. The van der Waals surface area contributed by atoms with Crippen LogP contribution in [0.15, 0.2) is 0 Å². The molecule has 2 rings (SSSR count). The molecule has 2 fully saturated rings. The van der Waals surface area contributed by atoms with Gasteiger partial charge in [-0.1, -0.05) is 20.3 Å². The van der Waals surface area contributed by atoms with Crippen LogP contribution in [0, 0.1) is 11.3 Å². The Morgan fingerprint density at radius 2 is 2.18 bits per heavy atom. The van der Waals surface area contributed by atoms with Crippen LogP contribution < -0.4 is 5.32 Å². The summed E-state index contributed by atoms with van der Waals surface area (Å²) in [7, 11) is 0. The van der Waals surface area contributed by atoms with Crippen molar-refractivity contribution in [2.75, 3.05) is 6.54 Å². The molecule has 0 saturated heterocycles. The zero-order valence-electron chi connectivity index (χ0n) is 7.69. The molecule has 1 N–H and O–H groups in total. The van der Waals surface area contributed by atoms with Gasteiger partial charge < -0.3 is 5.32 Å². The third-order valence-corrected chi connectivity index (χ3v) is 3.31. The van der Waals surface area contributed by atoms with Gasteiger partial charge in [-0.3, -0.25) is 0 Å². The van der Waals surface area contributed by atoms with Crippen LogP contribution in [-0.2, 0) is 0 Å². The van der Waals surface area contributed by atoms with Crippen molar-refractivity contribution in [2.24, 2.45) is 11.3 Å². The van der Waals surface area contributed by atoms with E-state index >= 15 is 0 Å². The molecule has 1 nitrogen and oxygen atoms in total. The van der Waals surface area contributed by atoms with Gasteiger partial charge in [-0.15, -0.1) is 0 Å². The third-order valence-electron chi connectivity index (χ3n) is 3.31. The zero-order valence-corrected chi connectivity index (χ0v) is 7.69. The SMILES string of the molecule is CC(C)CNC1CC12CCC2.